The maximum atomic E-state index is 5.80. The predicted octanol–water partition coefficient (Wildman–Crippen LogP) is 2.88. The summed E-state index contributed by atoms with van der Waals surface area (Å²) < 4.78 is 2.13. The molecule has 2 heterocycles. The number of aryl methyl sites for hydroxylation is 1. The van der Waals surface area contributed by atoms with Gasteiger partial charge >= 0.3 is 0 Å². The minimum atomic E-state index is 0.770. The van der Waals surface area contributed by atoms with E-state index in [1.807, 2.05) is 30.6 Å². The van der Waals surface area contributed by atoms with Crippen molar-refractivity contribution in [1.82, 2.24) is 14.5 Å². The predicted molar refractivity (Wildman–Crippen MR) is 79.9 cm³/mol. The number of hydrogen-bond acceptors (Lipinski definition) is 3. The van der Waals surface area contributed by atoms with Crippen LogP contribution in [0.3, 0.4) is 0 Å². The fourth-order valence-electron chi connectivity index (χ4n) is 2.93. The van der Waals surface area contributed by atoms with Crippen LogP contribution in [0.5, 0.6) is 0 Å². The van der Waals surface area contributed by atoms with Gasteiger partial charge in [-0.05, 0) is 56.0 Å². The second-order valence-corrected chi connectivity index (χ2v) is 5.34. The molecular formula is C16H16N4. The summed E-state index contributed by atoms with van der Waals surface area (Å²) in [6.07, 6.45) is 6.57. The maximum Gasteiger partial charge on any atom is 0.138 e. The van der Waals surface area contributed by atoms with E-state index in [1.165, 1.54) is 24.2 Å². The van der Waals surface area contributed by atoms with E-state index >= 15 is 0 Å². The molecule has 0 amide bonds. The van der Waals surface area contributed by atoms with Gasteiger partial charge in [0.25, 0.3) is 0 Å². The van der Waals surface area contributed by atoms with Crippen molar-refractivity contribution in [3.05, 3.63) is 48.0 Å². The van der Waals surface area contributed by atoms with E-state index in [0.29, 0.717) is 0 Å². The van der Waals surface area contributed by atoms with E-state index in [1.54, 1.807) is 0 Å². The standard InChI is InChI=1S/C16H16N4/c17-12-6-7-13-11(9-12)5-8-16(19-13)20-10-18-14-3-1-2-4-15(14)20/h5-10H,1-4,17H2. The zero-order valence-corrected chi connectivity index (χ0v) is 11.2. The normalized spacial score (nSPS) is 14.4. The van der Waals surface area contributed by atoms with Gasteiger partial charge in [-0.3, -0.25) is 4.57 Å². The number of imidazole rings is 1. The topological polar surface area (TPSA) is 56.7 Å². The summed E-state index contributed by atoms with van der Waals surface area (Å²) in [5.41, 5.74) is 10.1. The SMILES string of the molecule is Nc1ccc2nc(-n3cnc4c3CCCC4)ccc2c1. The van der Waals surface area contributed by atoms with Crippen LogP contribution >= 0.6 is 0 Å². The van der Waals surface area contributed by atoms with Gasteiger partial charge in [0.1, 0.15) is 12.1 Å². The van der Waals surface area contributed by atoms with Gasteiger partial charge in [-0.25, -0.2) is 9.97 Å². The Labute approximate surface area is 117 Å². The van der Waals surface area contributed by atoms with Crippen molar-refractivity contribution in [3.8, 4) is 5.82 Å². The second kappa shape index (κ2) is 4.34. The van der Waals surface area contributed by atoms with Crippen LogP contribution in [-0.4, -0.2) is 14.5 Å². The van der Waals surface area contributed by atoms with Crippen molar-refractivity contribution in [2.24, 2.45) is 0 Å². The van der Waals surface area contributed by atoms with Crippen LogP contribution in [0, 0.1) is 0 Å². The van der Waals surface area contributed by atoms with E-state index in [9.17, 15) is 0 Å². The van der Waals surface area contributed by atoms with E-state index < -0.39 is 0 Å². The molecule has 4 heteroatoms. The molecule has 0 fully saturated rings. The largest absolute Gasteiger partial charge is 0.399 e. The second-order valence-electron chi connectivity index (χ2n) is 5.34. The molecule has 4 nitrogen and oxygen atoms in total. The van der Waals surface area contributed by atoms with Gasteiger partial charge in [-0.1, -0.05) is 0 Å². The molecule has 0 saturated heterocycles. The summed E-state index contributed by atoms with van der Waals surface area (Å²) in [5, 5.41) is 1.07. The van der Waals surface area contributed by atoms with Crippen molar-refractivity contribution < 1.29 is 0 Å². The Balaban J connectivity index is 1.86. The molecular weight excluding hydrogens is 248 g/mol. The van der Waals surface area contributed by atoms with Crippen LogP contribution in [-0.2, 0) is 12.8 Å². The summed E-state index contributed by atoms with van der Waals surface area (Å²) in [6, 6.07) is 9.93. The van der Waals surface area contributed by atoms with Gasteiger partial charge in [-0.2, -0.15) is 0 Å². The molecule has 2 N–H and O–H groups in total. The highest BCUT2D eigenvalue weighted by atomic mass is 15.1. The molecule has 0 bridgehead atoms. The Kier molecular flexibility index (Phi) is 2.49. The lowest BCUT2D eigenvalue weighted by Gasteiger charge is -2.13. The number of fused-ring (bicyclic) bond motifs is 2. The van der Waals surface area contributed by atoms with Crippen molar-refractivity contribution in [1.29, 1.82) is 0 Å². The number of hydrogen-bond donors (Lipinski definition) is 1. The third kappa shape index (κ3) is 1.76. The van der Waals surface area contributed by atoms with Gasteiger partial charge in [0.2, 0.25) is 0 Å². The van der Waals surface area contributed by atoms with Crippen molar-refractivity contribution in [2.45, 2.75) is 25.7 Å². The molecule has 1 aromatic carbocycles. The third-order valence-corrected chi connectivity index (χ3v) is 3.98. The minimum absolute atomic E-state index is 0.770. The molecule has 0 radical (unpaired) electrons. The smallest absolute Gasteiger partial charge is 0.138 e. The number of nitrogen functional groups attached to an aromatic ring is 1. The van der Waals surface area contributed by atoms with Gasteiger partial charge in [-0.15, -0.1) is 0 Å². The summed E-state index contributed by atoms with van der Waals surface area (Å²) >= 11 is 0. The van der Waals surface area contributed by atoms with Crippen LogP contribution in [0.15, 0.2) is 36.7 Å². The molecule has 0 unspecified atom stereocenters. The van der Waals surface area contributed by atoms with E-state index in [-0.39, 0.29) is 0 Å². The summed E-state index contributed by atoms with van der Waals surface area (Å²) in [5.74, 6) is 0.943. The highest BCUT2D eigenvalue weighted by Gasteiger charge is 2.16. The molecule has 1 aliphatic rings. The van der Waals surface area contributed by atoms with Gasteiger partial charge in [0.15, 0.2) is 0 Å². The van der Waals surface area contributed by atoms with E-state index in [2.05, 4.69) is 15.6 Å². The molecule has 20 heavy (non-hydrogen) atoms. The van der Waals surface area contributed by atoms with Crippen LogP contribution < -0.4 is 5.73 Å². The van der Waals surface area contributed by atoms with Gasteiger partial charge in [0, 0.05) is 16.8 Å². The summed E-state index contributed by atoms with van der Waals surface area (Å²) in [6.45, 7) is 0. The molecule has 0 aliphatic heterocycles. The molecule has 100 valence electrons. The van der Waals surface area contributed by atoms with Crippen LogP contribution in [0.2, 0.25) is 0 Å². The number of aromatic nitrogens is 3. The van der Waals surface area contributed by atoms with Crippen molar-refractivity contribution >= 4 is 16.6 Å². The summed E-state index contributed by atoms with van der Waals surface area (Å²) in [4.78, 5) is 9.26. The average molecular weight is 264 g/mol. The van der Waals surface area contributed by atoms with Crippen LogP contribution in [0.1, 0.15) is 24.2 Å². The highest BCUT2D eigenvalue weighted by Crippen LogP contribution is 2.24. The van der Waals surface area contributed by atoms with E-state index in [4.69, 9.17) is 10.7 Å². The fourth-order valence-corrected chi connectivity index (χ4v) is 2.93. The van der Waals surface area contributed by atoms with Crippen molar-refractivity contribution in [3.63, 3.8) is 0 Å². The molecule has 0 spiro atoms. The number of rotatable bonds is 1. The lowest BCUT2D eigenvalue weighted by atomic mass is 10.0. The lowest BCUT2D eigenvalue weighted by molar-refractivity contribution is 0.654. The number of nitrogens with zero attached hydrogens (tertiary/aromatic N) is 3. The number of nitrogens with two attached hydrogens (primary N) is 1. The first-order valence-electron chi connectivity index (χ1n) is 7.03. The first kappa shape index (κ1) is 11.5. The fraction of sp³-hybridized carbons (Fsp3) is 0.250. The number of anilines is 1. The van der Waals surface area contributed by atoms with Crippen LogP contribution in [0.4, 0.5) is 5.69 Å². The van der Waals surface area contributed by atoms with Gasteiger partial charge in [0.05, 0.1) is 11.2 Å². The Hall–Kier alpha value is -2.36. The molecule has 0 atom stereocenters. The monoisotopic (exact) mass is 264 g/mol. The zero-order chi connectivity index (χ0) is 13.5. The minimum Gasteiger partial charge on any atom is -0.399 e. The first-order valence-corrected chi connectivity index (χ1v) is 7.03. The third-order valence-electron chi connectivity index (χ3n) is 3.98. The van der Waals surface area contributed by atoms with Crippen molar-refractivity contribution in [2.75, 3.05) is 5.73 Å². The number of benzene rings is 1. The average Bonchev–Trinajstić information content (AvgIpc) is 2.91. The zero-order valence-electron chi connectivity index (χ0n) is 11.2. The first-order chi connectivity index (χ1) is 9.81. The quantitative estimate of drug-likeness (QED) is 0.687. The number of pyridine rings is 1. The molecule has 2 aromatic heterocycles. The Morgan fingerprint density at radius 2 is 1.95 bits per heavy atom. The Morgan fingerprint density at radius 3 is 2.90 bits per heavy atom. The lowest BCUT2D eigenvalue weighted by Crippen LogP contribution is -2.07. The summed E-state index contributed by atoms with van der Waals surface area (Å²) in [7, 11) is 0. The molecule has 4 rings (SSSR count). The van der Waals surface area contributed by atoms with Crippen LogP contribution in [0.25, 0.3) is 16.7 Å². The van der Waals surface area contributed by atoms with E-state index in [0.717, 1.165) is 35.2 Å². The molecule has 1 aliphatic carbocycles. The van der Waals surface area contributed by atoms with Gasteiger partial charge < -0.3 is 5.73 Å². The maximum absolute atomic E-state index is 5.80. The Bertz CT molecular complexity index is 788. The Morgan fingerprint density at radius 1 is 1.05 bits per heavy atom. The highest BCUT2D eigenvalue weighted by molar-refractivity contribution is 5.82. The molecule has 0 saturated carbocycles. The molecule has 3 aromatic rings.